The van der Waals surface area contributed by atoms with Crippen molar-refractivity contribution < 1.29 is 0 Å². The van der Waals surface area contributed by atoms with E-state index >= 15 is 0 Å². The van der Waals surface area contributed by atoms with Crippen LogP contribution in [0, 0.1) is 0 Å². The van der Waals surface area contributed by atoms with E-state index in [9.17, 15) is 0 Å². The summed E-state index contributed by atoms with van der Waals surface area (Å²) in [5.41, 5.74) is 0.899. The zero-order chi connectivity index (χ0) is 9.14. The van der Waals surface area contributed by atoms with Crippen LogP contribution in [0.15, 0.2) is 12.4 Å². The van der Waals surface area contributed by atoms with Crippen molar-refractivity contribution in [1.82, 2.24) is 10.3 Å². The van der Waals surface area contributed by atoms with E-state index in [-0.39, 0.29) is 6.04 Å². The SMILES string of the molecule is CN[C@H](C)c1c(Cl)cncc1Cl. The Bertz CT molecular complexity index is 256. The number of hydrogen-bond donors (Lipinski definition) is 1. The van der Waals surface area contributed by atoms with Crippen LogP contribution < -0.4 is 5.32 Å². The summed E-state index contributed by atoms with van der Waals surface area (Å²) < 4.78 is 0. The average Bonchev–Trinajstić information content (AvgIpc) is 2.03. The second-order valence-corrected chi connectivity index (χ2v) is 3.34. The zero-order valence-corrected chi connectivity index (χ0v) is 8.45. The van der Waals surface area contributed by atoms with Gasteiger partial charge in [0.05, 0.1) is 10.0 Å². The van der Waals surface area contributed by atoms with Gasteiger partial charge >= 0.3 is 0 Å². The summed E-state index contributed by atoms with van der Waals surface area (Å²) in [5, 5.41) is 4.27. The molecule has 0 aromatic carbocycles. The first-order chi connectivity index (χ1) is 5.66. The van der Waals surface area contributed by atoms with Crippen molar-refractivity contribution in [3.8, 4) is 0 Å². The molecule has 0 amide bonds. The zero-order valence-electron chi connectivity index (χ0n) is 6.94. The van der Waals surface area contributed by atoms with Crippen molar-refractivity contribution in [2.45, 2.75) is 13.0 Å². The van der Waals surface area contributed by atoms with E-state index in [1.807, 2.05) is 14.0 Å². The lowest BCUT2D eigenvalue weighted by atomic mass is 10.1. The molecule has 1 N–H and O–H groups in total. The molecule has 0 unspecified atom stereocenters. The molecule has 0 aliphatic heterocycles. The van der Waals surface area contributed by atoms with E-state index in [2.05, 4.69) is 10.3 Å². The number of rotatable bonds is 2. The lowest BCUT2D eigenvalue weighted by Gasteiger charge is -2.13. The second-order valence-electron chi connectivity index (χ2n) is 2.53. The minimum Gasteiger partial charge on any atom is -0.313 e. The Morgan fingerprint density at radius 2 is 1.83 bits per heavy atom. The first-order valence-electron chi connectivity index (χ1n) is 3.63. The van der Waals surface area contributed by atoms with E-state index in [1.165, 1.54) is 0 Å². The molecule has 66 valence electrons. The summed E-state index contributed by atoms with van der Waals surface area (Å²) in [6, 6.07) is 0.146. The number of nitrogens with one attached hydrogen (secondary N) is 1. The smallest absolute Gasteiger partial charge is 0.0651 e. The van der Waals surface area contributed by atoms with Gasteiger partial charge in [-0.2, -0.15) is 0 Å². The summed E-state index contributed by atoms with van der Waals surface area (Å²) in [6.07, 6.45) is 3.19. The molecule has 0 bridgehead atoms. The van der Waals surface area contributed by atoms with Crippen LogP contribution in [0.2, 0.25) is 10.0 Å². The van der Waals surface area contributed by atoms with Crippen LogP contribution in [0.25, 0.3) is 0 Å². The molecule has 0 aliphatic rings. The fraction of sp³-hybridized carbons (Fsp3) is 0.375. The highest BCUT2D eigenvalue weighted by atomic mass is 35.5. The molecule has 0 spiro atoms. The van der Waals surface area contributed by atoms with Crippen LogP contribution in [0.5, 0.6) is 0 Å². The molecule has 1 heterocycles. The van der Waals surface area contributed by atoms with E-state index < -0.39 is 0 Å². The van der Waals surface area contributed by atoms with Gasteiger partial charge < -0.3 is 5.32 Å². The molecule has 1 aromatic rings. The summed E-state index contributed by atoms with van der Waals surface area (Å²) in [7, 11) is 1.86. The topological polar surface area (TPSA) is 24.9 Å². The summed E-state index contributed by atoms with van der Waals surface area (Å²) >= 11 is 11.8. The van der Waals surface area contributed by atoms with Gasteiger partial charge in [0.1, 0.15) is 0 Å². The van der Waals surface area contributed by atoms with Crippen molar-refractivity contribution in [1.29, 1.82) is 0 Å². The van der Waals surface area contributed by atoms with Gasteiger partial charge in [0, 0.05) is 24.0 Å². The van der Waals surface area contributed by atoms with Crippen molar-refractivity contribution in [3.05, 3.63) is 28.0 Å². The predicted octanol–water partition coefficient (Wildman–Crippen LogP) is 2.67. The minimum atomic E-state index is 0.146. The van der Waals surface area contributed by atoms with E-state index in [0.717, 1.165) is 5.56 Å². The van der Waals surface area contributed by atoms with Gasteiger partial charge in [0.15, 0.2) is 0 Å². The lowest BCUT2D eigenvalue weighted by Crippen LogP contribution is -2.13. The molecule has 12 heavy (non-hydrogen) atoms. The van der Waals surface area contributed by atoms with Gasteiger partial charge in [-0.3, -0.25) is 4.98 Å². The van der Waals surface area contributed by atoms with Gasteiger partial charge in [0.25, 0.3) is 0 Å². The van der Waals surface area contributed by atoms with Crippen molar-refractivity contribution in [2.75, 3.05) is 7.05 Å². The maximum absolute atomic E-state index is 5.92. The highest BCUT2D eigenvalue weighted by Gasteiger charge is 2.11. The van der Waals surface area contributed by atoms with Gasteiger partial charge in [0.2, 0.25) is 0 Å². The molecule has 1 atom stereocenters. The largest absolute Gasteiger partial charge is 0.313 e. The maximum Gasteiger partial charge on any atom is 0.0651 e. The van der Waals surface area contributed by atoms with E-state index in [0.29, 0.717) is 10.0 Å². The summed E-state index contributed by atoms with van der Waals surface area (Å²) in [4.78, 5) is 3.87. The van der Waals surface area contributed by atoms with E-state index in [4.69, 9.17) is 23.2 Å². The third-order valence-electron chi connectivity index (χ3n) is 1.76. The molecule has 0 radical (unpaired) electrons. The van der Waals surface area contributed by atoms with Gasteiger partial charge in [-0.15, -0.1) is 0 Å². The number of nitrogens with zero attached hydrogens (tertiary/aromatic N) is 1. The quantitative estimate of drug-likeness (QED) is 0.802. The molecule has 0 fully saturated rings. The molecule has 1 aromatic heterocycles. The summed E-state index contributed by atoms with van der Waals surface area (Å²) in [6.45, 7) is 1.99. The molecule has 4 heteroatoms. The molecule has 2 nitrogen and oxygen atoms in total. The Balaban J connectivity index is 3.12. The predicted molar refractivity (Wildman–Crippen MR) is 51.7 cm³/mol. The monoisotopic (exact) mass is 204 g/mol. The molecule has 0 saturated carbocycles. The van der Waals surface area contributed by atoms with Crippen molar-refractivity contribution in [2.24, 2.45) is 0 Å². The minimum absolute atomic E-state index is 0.146. The fourth-order valence-corrected chi connectivity index (χ4v) is 1.67. The molecule has 1 rings (SSSR count). The Hall–Kier alpha value is -0.310. The average molecular weight is 205 g/mol. The fourth-order valence-electron chi connectivity index (χ4n) is 0.979. The number of pyridine rings is 1. The Morgan fingerprint density at radius 3 is 2.25 bits per heavy atom. The molecule has 0 saturated heterocycles. The normalized spacial score (nSPS) is 13.0. The van der Waals surface area contributed by atoms with Gasteiger partial charge in [-0.25, -0.2) is 0 Å². The highest BCUT2D eigenvalue weighted by Crippen LogP contribution is 2.28. The van der Waals surface area contributed by atoms with Crippen LogP contribution in [0.1, 0.15) is 18.5 Å². The van der Waals surface area contributed by atoms with Crippen molar-refractivity contribution >= 4 is 23.2 Å². The maximum atomic E-state index is 5.92. The van der Waals surface area contributed by atoms with Crippen LogP contribution >= 0.6 is 23.2 Å². The number of hydrogen-bond acceptors (Lipinski definition) is 2. The van der Waals surface area contributed by atoms with Crippen LogP contribution in [-0.2, 0) is 0 Å². The van der Waals surface area contributed by atoms with Crippen LogP contribution in [0.3, 0.4) is 0 Å². The Kier molecular flexibility index (Phi) is 3.32. The van der Waals surface area contributed by atoms with Crippen LogP contribution in [0.4, 0.5) is 0 Å². The molecule has 0 aliphatic carbocycles. The van der Waals surface area contributed by atoms with Gasteiger partial charge in [-0.1, -0.05) is 23.2 Å². The van der Waals surface area contributed by atoms with Crippen LogP contribution in [-0.4, -0.2) is 12.0 Å². The number of halogens is 2. The Labute approximate surface area is 81.9 Å². The molecular weight excluding hydrogens is 195 g/mol. The third-order valence-corrected chi connectivity index (χ3v) is 2.36. The van der Waals surface area contributed by atoms with Crippen molar-refractivity contribution in [3.63, 3.8) is 0 Å². The lowest BCUT2D eigenvalue weighted by molar-refractivity contribution is 0.652. The third kappa shape index (κ3) is 1.89. The summed E-state index contributed by atoms with van der Waals surface area (Å²) in [5.74, 6) is 0. The first kappa shape index (κ1) is 9.78. The number of aromatic nitrogens is 1. The second kappa shape index (κ2) is 4.08. The standard InChI is InChI=1S/C8H10Cl2N2/c1-5(11-2)8-6(9)3-12-4-7(8)10/h3-5,11H,1-2H3/t5-/m1/s1. The highest BCUT2D eigenvalue weighted by molar-refractivity contribution is 6.35. The van der Waals surface area contributed by atoms with Gasteiger partial charge in [-0.05, 0) is 14.0 Å². The Morgan fingerprint density at radius 1 is 1.33 bits per heavy atom. The molecular formula is C8H10Cl2N2. The van der Waals surface area contributed by atoms with E-state index in [1.54, 1.807) is 12.4 Å². The first-order valence-corrected chi connectivity index (χ1v) is 4.38.